The third kappa shape index (κ3) is 2.40. The van der Waals surface area contributed by atoms with Crippen molar-refractivity contribution in [3.8, 4) is 0 Å². The number of pyridine rings is 1. The summed E-state index contributed by atoms with van der Waals surface area (Å²) in [5, 5.41) is 0. The van der Waals surface area contributed by atoms with Crippen LogP contribution in [0.15, 0.2) is 18.5 Å². The highest BCUT2D eigenvalue weighted by Crippen LogP contribution is 2.22. The molecule has 1 aromatic heterocycles. The Hall–Kier alpha value is -1.38. The monoisotopic (exact) mass is 219 g/mol. The van der Waals surface area contributed by atoms with Crippen LogP contribution in [0.5, 0.6) is 0 Å². The first-order valence-corrected chi connectivity index (χ1v) is 5.95. The first-order chi connectivity index (χ1) is 7.81. The largest absolute Gasteiger partial charge is 0.459 e. The van der Waals surface area contributed by atoms with E-state index in [9.17, 15) is 4.79 Å². The number of hydrogen-bond donors (Lipinski definition) is 0. The predicted molar refractivity (Wildman–Crippen MR) is 61.3 cm³/mol. The number of rotatable bonds is 3. The summed E-state index contributed by atoms with van der Waals surface area (Å²) in [7, 11) is 0. The molecule has 1 aliphatic rings. The smallest absolute Gasteiger partial charge is 0.338 e. The highest BCUT2D eigenvalue weighted by molar-refractivity contribution is 5.91. The van der Waals surface area contributed by atoms with Gasteiger partial charge in [-0.25, -0.2) is 4.79 Å². The first kappa shape index (κ1) is 11.1. The Morgan fingerprint density at radius 3 is 2.94 bits per heavy atom. The van der Waals surface area contributed by atoms with Gasteiger partial charge in [-0.1, -0.05) is 6.92 Å². The molecule has 3 heteroatoms. The molecule has 0 aromatic carbocycles. The fourth-order valence-corrected chi connectivity index (χ4v) is 2.13. The van der Waals surface area contributed by atoms with E-state index < -0.39 is 0 Å². The van der Waals surface area contributed by atoms with Gasteiger partial charge < -0.3 is 4.74 Å². The maximum Gasteiger partial charge on any atom is 0.338 e. The van der Waals surface area contributed by atoms with Gasteiger partial charge in [0, 0.05) is 12.4 Å². The highest BCUT2D eigenvalue weighted by Gasteiger charge is 2.21. The molecule has 1 aliphatic carbocycles. The van der Waals surface area contributed by atoms with Crippen molar-refractivity contribution in [1.82, 2.24) is 4.98 Å². The molecule has 3 nitrogen and oxygen atoms in total. The molecule has 0 bridgehead atoms. The lowest BCUT2D eigenvalue weighted by molar-refractivity contribution is 0.0316. The zero-order chi connectivity index (χ0) is 11.4. The van der Waals surface area contributed by atoms with E-state index in [0.717, 1.165) is 24.8 Å². The minimum Gasteiger partial charge on any atom is -0.459 e. The van der Waals surface area contributed by atoms with Crippen molar-refractivity contribution in [1.29, 1.82) is 0 Å². The molecular weight excluding hydrogens is 202 g/mol. The average Bonchev–Trinajstić information content (AvgIpc) is 2.81. The fourth-order valence-electron chi connectivity index (χ4n) is 2.13. The summed E-state index contributed by atoms with van der Waals surface area (Å²) in [5.74, 6) is -0.189. The summed E-state index contributed by atoms with van der Waals surface area (Å²) in [6.07, 6.45) is 8.70. The van der Waals surface area contributed by atoms with Gasteiger partial charge >= 0.3 is 5.97 Å². The Morgan fingerprint density at radius 2 is 2.25 bits per heavy atom. The van der Waals surface area contributed by atoms with Crippen LogP contribution in [-0.4, -0.2) is 17.1 Å². The van der Waals surface area contributed by atoms with Gasteiger partial charge in [0.05, 0.1) is 5.56 Å². The summed E-state index contributed by atoms with van der Waals surface area (Å²) >= 11 is 0. The van der Waals surface area contributed by atoms with Gasteiger partial charge in [0.25, 0.3) is 0 Å². The van der Waals surface area contributed by atoms with Crippen molar-refractivity contribution >= 4 is 5.97 Å². The van der Waals surface area contributed by atoms with Crippen LogP contribution in [0, 0.1) is 0 Å². The van der Waals surface area contributed by atoms with E-state index in [-0.39, 0.29) is 12.1 Å². The molecule has 2 rings (SSSR count). The molecular formula is C13H17NO2. The molecule has 1 saturated carbocycles. The van der Waals surface area contributed by atoms with Crippen molar-refractivity contribution in [2.24, 2.45) is 0 Å². The van der Waals surface area contributed by atoms with Crippen molar-refractivity contribution < 1.29 is 9.53 Å². The Kier molecular flexibility index (Phi) is 3.54. The second-order valence-corrected chi connectivity index (χ2v) is 4.20. The quantitative estimate of drug-likeness (QED) is 0.734. The summed E-state index contributed by atoms with van der Waals surface area (Å²) in [4.78, 5) is 16.0. The molecule has 0 spiro atoms. The van der Waals surface area contributed by atoms with E-state index in [0.29, 0.717) is 5.56 Å². The van der Waals surface area contributed by atoms with Crippen LogP contribution in [-0.2, 0) is 11.2 Å². The van der Waals surface area contributed by atoms with E-state index in [1.807, 2.05) is 6.92 Å². The molecule has 0 amide bonds. The van der Waals surface area contributed by atoms with Crippen LogP contribution in [0.4, 0.5) is 0 Å². The van der Waals surface area contributed by atoms with Crippen molar-refractivity contribution in [2.45, 2.75) is 45.1 Å². The second-order valence-electron chi connectivity index (χ2n) is 4.20. The highest BCUT2D eigenvalue weighted by atomic mass is 16.5. The number of aryl methyl sites for hydroxylation is 1. The van der Waals surface area contributed by atoms with Crippen LogP contribution < -0.4 is 0 Å². The van der Waals surface area contributed by atoms with E-state index in [2.05, 4.69) is 4.98 Å². The molecule has 0 aliphatic heterocycles. The molecule has 0 unspecified atom stereocenters. The van der Waals surface area contributed by atoms with E-state index >= 15 is 0 Å². The minimum absolute atomic E-state index is 0.130. The number of ether oxygens (including phenoxy) is 1. The molecule has 1 heterocycles. The van der Waals surface area contributed by atoms with E-state index in [1.54, 1.807) is 18.5 Å². The zero-order valence-electron chi connectivity index (χ0n) is 9.61. The van der Waals surface area contributed by atoms with E-state index in [4.69, 9.17) is 4.74 Å². The molecule has 1 fully saturated rings. The summed E-state index contributed by atoms with van der Waals surface area (Å²) < 4.78 is 5.47. The maximum absolute atomic E-state index is 11.9. The summed E-state index contributed by atoms with van der Waals surface area (Å²) in [6, 6.07) is 1.75. The van der Waals surface area contributed by atoms with Gasteiger partial charge in [-0.05, 0) is 43.7 Å². The third-order valence-electron chi connectivity index (χ3n) is 3.08. The lowest BCUT2D eigenvalue weighted by Crippen LogP contribution is -2.16. The molecule has 0 N–H and O–H groups in total. The van der Waals surface area contributed by atoms with Crippen LogP contribution in [0.2, 0.25) is 0 Å². The van der Waals surface area contributed by atoms with Crippen LogP contribution in [0.1, 0.15) is 48.5 Å². The molecule has 1 aromatic rings. The van der Waals surface area contributed by atoms with E-state index in [1.165, 1.54) is 12.8 Å². The first-order valence-electron chi connectivity index (χ1n) is 5.95. The second kappa shape index (κ2) is 5.10. The molecule has 16 heavy (non-hydrogen) atoms. The minimum atomic E-state index is -0.189. The molecule has 86 valence electrons. The van der Waals surface area contributed by atoms with Gasteiger partial charge in [0.15, 0.2) is 0 Å². The van der Waals surface area contributed by atoms with Crippen LogP contribution in [0.25, 0.3) is 0 Å². The van der Waals surface area contributed by atoms with Crippen molar-refractivity contribution in [3.63, 3.8) is 0 Å². The number of nitrogens with zero attached hydrogens (tertiary/aromatic N) is 1. The van der Waals surface area contributed by atoms with Gasteiger partial charge in [0.1, 0.15) is 6.10 Å². The molecule has 0 radical (unpaired) electrons. The Morgan fingerprint density at radius 1 is 1.50 bits per heavy atom. The Labute approximate surface area is 95.8 Å². The Balaban J connectivity index is 2.07. The summed E-state index contributed by atoms with van der Waals surface area (Å²) in [6.45, 7) is 2.02. The van der Waals surface area contributed by atoms with Crippen LogP contribution >= 0.6 is 0 Å². The van der Waals surface area contributed by atoms with Gasteiger partial charge in [-0.2, -0.15) is 0 Å². The van der Waals surface area contributed by atoms with Gasteiger partial charge in [-0.15, -0.1) is 0 Å². The number of carbonyl (C=O) groups excluding carboxylic acids is 1. The topological polar surface area (TPSA) is 39.2 Å². The van der Waals surface area contributed by atoms with Crippen LogP contribution in [0.3, 0.4) is 0 Å². The fraction of sp³-hybridized carbons (Fsp3) is 0.538. The normalized spacial score (nSPS) is 16.3. The lowest BCUT2D eigenvalue weighted by Gasteiger charge is -2.12. The SMILES string of the molecule is CCc1cnccc1C(=O)OC1CCCC1. The number of esters is 1. The van der Waals surface area contributed by atoms with Gasteiger partial charge in [0.2, 0.25) is 0 Å². The van der Waals surface area contributed by atoms with Crippen molar-refractivity contribution in [3.05, 3.63) is 29.6 Å². The number of carbonyl (C=O) groups is 1. The maximum atomic E-state index is 11.9. The number of hydrogen-bond acceptors (Lipinski definition) is 3. The average molecular weight is 219 g/mol. The van der Waals surface area contributed by atoms with Gasteiger partial charge in [-0.3, -0.25) is 4.98 Å². The third-order valence-corrected chi connectivity index (χ3v) is 3.08. The zero-order valence-corrected chi connectivity index (χ0v) is 9.61. The molecule has 0 atom stereocenters. The Bertz CT molecular complexity index is 370. The predicted octanol–water partition coefficient (Wildman–Crippen LogP) is 2.74. The summed E-state index contributed by atoms with van der Waals surface area (Å²) in [5.41, 5.74) is 1.63. The number of aromatic nitrogens is 1. The van der Waals surface area contributed by atoms with Crippen molar-refractivity contribution in [2.75, 3.05) is 0 Å². The molecule has 0 saturated heterocycles. The standard InChI is InChI=1S/C13H17NO2/c1-2-10-9-14-8-7-12(10)13(15)16-11-5-3-4-6-11/h7-9,11H,2-6H2,1H3. The lowest BCUT2D eigenvalue weighted by atomic mass is 10.1.